The Balaban J connectivity index is 1.71. The molecule has 2 aromatic carbocycles. The highest BCUT2D eigenvalue weighted by Gasteiger charge is 2.02. The number of rotatable bonds is 7. The molecule has 0 unspecified atom stereocenters. The number of carbonyl (C=O) groups excluding carboxylic acids is 2. The first kappa shape index (κ1) is 19.9. The molecule has 2 amide bonds. The molecule has 0 aliphatic rings. The molecule has 0 radical (unpaired) electrons. The molecular formula is C21H22N2O4. The molecule has 2 N–H and O–H groups in total. The molecule has 2 aromatic rings. The van der Waals surface area contributed by atoms with Crippen LogP contribution in [0.5, 0.6) is 11.5 Å². The molecule has 2 rings (SSSR count). The van der Waals surface area contributed by atoms with Gasteiger partial charge in [0.2, 0.25) is 5.91 Å². The minimum absolute atomic E-state index is 0.0823. The Hall–Kier alpha value is -3.46. The SMILES string of the molecule is CCOc1ccc(OCC(=O)NCC#Cc2ccc(NC(C)=O)cc2)cc1. The second-order valence-corrected chi connectivity index (χ2v) is 5.53. The Labute approximate surface area is 158 Å². The van der Waals surface area contributed by atoms with Crippen LogP contribution in [0.1, 0.15) is 19.4 Å². The topological polar surface area (TPSA) is 76.7 Å². The summed E-state index contributed by atoms with van der Waals surface area (Å²) in [5.74, 6) is 6.79. The molecule has 140 valence electrons. The third-order valence-corrected chi connectivity index (χ3v) is 3.32. The monoisotopic (exact) mass is 366 g/mol. The van der Waals surface area contributed by atoms with Crippen LogP contribution in [0.4, 0.5) is 5.69 Å². The molecular weight excluding hydrogens is 344 g/mol. The maximum absolute atomic E-state index is 11.8. The van der Waals surface area contributed by atoms with Gasteiger partial charge in [-0.1, -0.05) is 11.8 Å². The van der Waals surface area contributed by atoms with E-state index in [1.165, 1.54) is 6.92 Å². The number of hydrogen-bond donors (Lipinski definition) is 2. The van der Waals surface area contributed by atoms with Gasteiger partial charge in [0, 0.05) is 18.2 Å². The van der Waals surface area contributed by atoms with Crippen LogP contribution in [-0.4, -0.2) is 31.6 Å². The number of anilines is 1. The fourth-order valence-corrected chi connectivity index (χ4v) is 2.13. The molecule has 27 heavy (non-hydrogen) atoms. The van der Waals surface area contributed by atoms with Crippen LogP contribution in [0.25, 0.3) is 0 Å². The van der Waals surface area contributed by atoms with Crippen molar-refractivity contribution in [2.24, 2.45) is 0 Å². The van der Waals surface area contributed by atoms with E-state index in [0.29, 0.717) is 18.0 Å². The van der Waals surface area contributed by atoms with E-state index in [4.69, 9.17) is 9.47 Å². The predicted molar refractivity (Wildman–Crippen MR) is 104 cm³/mol. The fraction of sp³-hybridized carbons (Fsp3) is 0.238. The smallest absolute Gasteiger partial charge is 0.258 e. The average Bonchev–Trinajstić information content (AvgIpc) is 2.66. The number of ether oxygens (including phenoxy) is 2. The number of benzene rings is 2. The van der Waals surface area contributed by atoms with Crippen molar-refractivity contribution in [2.45, 2.75) is 13.8 Å². The quantitative estimate of drug-likeness (QED) is 0.739. The number of hydrogen-bond acceptors (Lipinski definition) is 4. The van der Waals surface area contributed by atoms with Crippen molar-refractivity contribution in [3.63, 3.8) is 0 Å². The fourth-order valence-electron chi connectivity index (χ4n) is 2.13. The van der Waals surface area contributed by atoms with Crippen LogP contribution in [0.3, 0.4) is 0 Å². The van der Waals surface area contributed by atoms with E-state index in [1.807, 2.05) is 6.92 Å². The summed E-state index contributed by atoms with van der Waals surface area (Å²) in [5, 5.41) is 5.36. The molecule has 6 nitrogen and oxygen atoms in total. The second-order valence-electron chi connectivity index (χ2n) is 5.53. The first-order valence-electron chi connectivity index (χ1n) is 8.55. The molecule has 0 aromatic heterocycles. The molecule has 0 saturated heterocycles. The molecule has 0 heterocycles. The summed E-state index contributed by atoms with van der Waals surface area (Å²) in [6, 6.07) is 14.2. The van der Waals surface area contributed by atoms with Gasteiger partial charge >= 0.3 is 0 Å². The minimum atomic E-state index is -0.251. The van der Waals surface area contributed by atoms with E-state index >= 15 is 0 Å². The zero-order valence-electron chi connectivity index (χ0n) is 15.4. The first-order chi connectivity index (χ1) is 13.1. The summed E-state index contributed by atoms with van der Waals surface area (Å²) >= 11 is 0. The molecule has 0 saturated carbocycles. The van der Waals surface area contributed by atoms with Crippen molar-refractivity contribution >= 4 is 17.5 Å². The van der Waals surface area contributed by atoms with Gasteiger partial charge in [-0.25, -0.2) is 0 Å². The highest BCUT2D eigenvalue weighted by atomic mass is 16.5. The van der Waals surface area contributed by atoms with Crippen molar-refractivity contribution < 1.29 is 19.1 Å². The summed E-state index contributed by atoms with van der Waals surface area (Å²) in [6.07, 6.45) is 0. The van der Waals surface area contributed by atoms with Crippen LogP contribution in [-0.2, 0) is 9.59 Å². The lowest BCUT2D eigenvalue weighted by molar-refractivity contribution is -0.122. The lowest BCUT2D eigenvalue weighted by Gasteiger charge is -2.07. The van der Waals surface area contributed by atoms with E-state index in [1.54, 1.807) is 48.5 Å². The number of carbonyl (C=O) groups is 2. The van der Waals surface area contributed by atoms with Crippen molar-refractivity contribution in [3.8, 4) is 23.3 Å². The molecule has 0 aliphatic carbocycles. The minimum Gasteiger partial charge on any atom is -0.494 e. The van der Waals surface area contributed by atoms with Crippen LogP contribution in [0.2, 0.25) is 0 Å². The largest absolute Gasteiger partial charge is 0.494 e. The second kappa shape index (κ2) is 10.5. The van der Waals surface area contributed by atoms with E-state index < -0.39 is 0 Å². The van der Waals surface area contributed by atoms with E-state index in [2.05, 4.69) is 22.5 Å². The van der Waals surface area contributed by atoms with Gasteiger partial charge in [-0.15, -0.1) is 0 Å². The Morgan fingerprint density at radius 2 is 1.59 bits per heavy atom. The standard InChI is InChI=1S/C21H22N2O4/c1-3-26-19-10-12-20(13-11-19)27-15-21(25)22-14-4-5-17-6-8-18(9-7-17)23-16(2)24/h6-13H,3,14-15H2,1-2H3,(H,22,25)(H,23,24). The molecule has 0 atom stereocenters. The lowest BCUT2D eigenvalue weighted by atomic mass is 10.2. The van der Waals surface area contributed by atoms with Gasteiger partial charge in [0.1, 0.15) is 11.5 Å². The van der Waals surface area contributed by atoms with Crippen molar-refractivity contribution in [1.82, 2.24) is 5.32 Å². The van der Waals surface area contributed by atoms with Gasteiger partial charge < -0.3 is 20.1 Å². The van der Waals surface area contributed by atoms with Crippen molar-refractivity contribution in [1.29, 1.82) is 0 Å². The molecule has 0 spiro atoms. The molecule has 0 aliphatic heterocycles. The molecule has 0 bridgehead atoms. The van der Waals surface area contributed by atoms with Crippen LogP contribution in [0, 0.1) is 11.8 Å². The maximum Gasteiger partial charge on any atom is 0.258 e. The van der Waals surface area contributed by atoms with Crippen molar-refractivity contribution in [3.05, 3.63) is 54.1 Å². The predicted octanol–water partition coefficient (Wildman–Crippen LogP) is 2.59. The Kier molecular flexibility index (Phi) is 7.73. The lowest BCUT2D eigenvalue weighted by Crippen LogP contribution is -2.29. The van der Waals surface area contributed by atoms with Crippen LogP contribution >= 0.6 is 0 Å². The third-order valence-electron chi connectivity index (χ3n) is 3.32. The van der Waals surface area contributed by atoms with E-state index in [9.17, 15) is 9.59 Å². The van der Waals surface area contributed by atoms with Gasteiger partial charge in [0.05, 0.1) is 13.2 Å². The molecule has 6 heteroatoms. The van der Waals surface area contributed by atoms with Crippen LogP contribution < -0.4 is 20.1 Å². The Bertz CT molecular complexity index is 818. The first-order valence-corrected chi connectivity index (χ1v) is 8.55. The zero-order chi connectivity index (χ0) is 19.5. The maximum atomic E-state index is 11.8. The summed E-state index contributed by atoms with van der Waals surface area (Å²) in [5.41, 5.74) is 1.51. The van der Waals surface area contributed by atoms with E-state index in [-0.39, 0.29) is 25.0 Å². The van der Waals surface area contributed by atoms with Crippen LogP contribution in [0.15, 0.2) is 48.5 Å². The van der Waals surface area contributed by atoms with Gasteiger partial charge in [0.25, 0.3) is 5.91 Å². The highest BCUT2D eigenvalue weighted by molar-refractivity contribution is 5.88. The highest BCUT2D eigenvalue weighted by Crippen LogP contribution is 2.17. The Morgan fingerprint density at radius 3 is 2.19 bits per heavy atom. The Morgan fingerprint density at radius 1 is 0.963 bits per heavy atom. The number of amides is 2. The average molecular weight is 366 g/mol. The summed E-state index contributed by atoms with van der Waals surface area (Å²) < 4.78 is 10.8. The van der Waals surface area contributed by atoms with Crippen molar-refractivity contribution in [2.75, 3.05) is 25.1 Å². The third kappa shape index (κ3) is 7.53. The summed E-state index contributed by atoms with van der Waals surface area (Å²) in [4.78, 5) is 22.7. The normalized spacial score (nSPS) is 9.56. The van der Waals surface area contributed by atoms with Gasteiger partial charge in [0.15, 0.2) is 6.61 Å². The summed E-state index contributed by atoms with van der Waals surface area (Å²) in [7, 11) is 0. The van der Waals surface area contributed by atoms with Gasteiger partial charge in [-0.3, -0.25) is 9.59 Å². The zero-order valence-corrected chi connectivity index (χ0v) is 15.4. The van der Waals surface area contributed by atoms with Gasteiger partial charge in [-0.2, -0.15) is 0 Å². The van der Waals surface area contributed by atoms with Gasteiger partial charge in [-0.05, 0) is 55.5 Å². The molecule has 0 fully saturated rings. The number of nitrogens with one attached hydrogen (secondary N) is 2. The summed E-state index contributed by atoms with van der Waals surface area (Å²) in [6.45, 7) is 4.11. The van der Waals surface area contributed by atoms with E-state index in [0.717, 1.165) is 11.3 Å².